The van der Waals surface area contributed by atoms with Gasteiger partial charge in [0.05, 0.1) is 5.02 Å². The van der Waals surface area contributed by atoms with Gasteiger partial charge < -0.3 is 0 Å². The highest BCUT2D eigenvalue weighted by Crippen LogP contribution is 2.30. The molecule has 5 heteroatoms. The molecule has 15 heavy (non-hydrogen) atoms. The Bertz CT molecular complexity index is 456. The van der Waals surface area contributed by atoms with Crippen molar-refractivity contribution in [2.24, 2.45) is 0 Å². The van der Waals surface area contributed by atoms with Crippen molar-refractivity contribution in [2.45, 2.75) is 20.8 Å². The van der Waals surface area contributed by atoms with Crippen molar-refractivity contribution in [1.29, 1.82) is 0 Å². The fourth-order valence-corrected chi connectivity index (χ4v) is 3.32. The highest BCUT2D eigenvalue weighted by Gasteiger charge is 2.08. The second-order valence-corrected chi connectivity index (χ2v) is 4.77. The van der Waals surface area contributed by atoms with E-state index < -0.39 is 0 Å². The average Bonchev–Trinajstić information content (AvgIpc) is 2.59. The van der Waals surface area contributed by atoms with Gasteiger partial charge in [-0.15, -0.1) is 0 Å². The summed E-state index contributed by atoms with van der Waals surface area (Å²) in [5, 5.41) is 1.78. The second-order valence-electron chi connectivity index (χ2n) is 2.68. The maximum Gasteiger partial charge on any atom is 0.152 e. The first kappa shape index (κ1) is 13.1. The van der Waals surface area contributed by atoms with E-state index in [1.165, 1.54) is 0 Å². The zero-order valence-electron chi connectivity index (χ0n) is 8.79. The van der Waals surface area contributed by atoms with Gasteiger partial charge in [-0.2, -0.15) is 0 Å². The van der Waals surface area contributed by atoms with Crippen LogP contribution in [0.15, 0.2) is 18.3 Å². The van der Waals surface area contributed by atoms with Crippen LogP contribution in [0.5, 0.6) is 0 Å². The number of fused-ring (bicyclic) bond motifs is 1. The summed E-state index contributed by atoms with van der Waals surface area (Å²) in [6, 6.07) is 3.86. The van der Waals surface area contributed by atoms with E-state index in [1.807, 2.05) is 26.8 Å². The van der Waals surface area contributed by atoms with Crippen LogP contribution in [0.2, 0.25) is 5.02 Å². The third kappa shape index (κ3) is 2.60. The number of hydrogen-bond donors (Lipinski definition) is 0. The summed E-state index contributed by atoms with van der Waals surface area (Å²) in [6.07, 6.45) is 1.73. The van der Waals surface area contributed by atoms with Crippen molar-refractivity contribution in [3.05, 3.63) is 29.0 Å². The molecule has 0 saturated heterocycles. The Kier molecular flexibility index (Phi) is 5.22. The molecule has 2 aromatic heterocycles. The standard InChI is InChI=1S/C8H6ClIN2S.C2H6/c1-5-4-6-7(9)2-3-11-8(6)12(5)13-10;1-2/h2-4H,1H3;1-2H3. The Morgan fingerprint density at radius 1 is 1.47 bits per heavy atom. The quantitative estimate of drug-likeness (QED) is 0.680. The van der Waals surface area contributed by atoms with Crippen LogP contribution < -0.4 is 0 Å². The topological polar surface area (TPSA) is 17.8 Å². The van der Waals surface area contributed by atoms with Gasteiger partial charge in [0, 0.05) is 47.6 Å². The molecule has 0 N–H and O–H groups in total. The summed E-state index contributed by atoms with van der Waals surface area (Å²) in [4.78, 5) is 4.29. The van der Waals surface area contributed by atoms with Crippen molar-refractivity contribution < 1.29 is 0 Å². The van der Waals surface area contributed by atoms with E-state index in [9.17, 15) is 0 Å². The van der Waals surface area contributed by atoms with Crippen LogP contribution in [0.3, 0.4) is 0 Å². The summed E-state index contributed by atoms with van der Waals surface area (Å²) in [7, 11) is 1.61. The molecule has 2 rings (SSSR count). The number of halogens is 2. The van der Waals surface area contributed by atoms with E-state index >= 15 is 0 Å². The van der Waals surface area contributed by atoms with Crippen LogP contribution >= 0.6 is 41.9 Å². The first-order valence-electron chi connectivity index (χ1n) is 4.65. The molecule has 2 nitrogen and oxygen atoms in total. The predicted octanol–water partition coefficient (Wildman–Crippen LogP) is 4.87. The summed E-state index contributed by atoms with van der Waals surface area (Å²) < 4.78 is 2.06. The first-order chi connectivity index (χ1) is 7.24. The zero-order valence-corrected chi connectivity index (χ0v) is 12.5. The largest absolute Gasteiger partial charge is 0.263 e. The summed E-state index contributed by atoms with van der Waals surface area (Å²) >= 11 is 8.27. The Hall–Kier alpha value is 0.0600. The van der Waals surface area contributed by atoms with Crippen LogP contribution in [0, 0.1) is 6.92 Å². The molecule has 2 aromatic rings. The van der Waals surface area contributed by atoms with E-state index in [1.54, 1.807) is 15.3 Å². The smallest absolute Gasteiger partial charge is 0.152 e. The minimum absolute atomic E-state index is 0.761. The molecule has 0 bridgehead atoms. The number of rotatable bonds is 1. The van der Waals surface area contributed by atoms with Crippen molar-refractivity contribution in [2.75, 3.05) is 0 Å². The van der Waals surface area contributed by atoms with Gasteiger partial charge in [-0.1, -0.05) is 25.4 Å². The Morgan fingerprint density at radius 2 is 2.13 bits per heavy atom. The molecular formula is C10H12ClIN2S. The highest BCUT2D eigenvalue weighted by molar-refractivity contribution is 14.2. The molecule has 2 heterocycles. The Morgan fingerprint density at radius 3 is 2.73 bits per heavy atom. The molecule has 0 atom stereocenters. The molecule has 0 amide bonds. The summed E-state index contributed by atoms with van der Waals surface area (Å²) in [5.41, 5.74) is 2.10. The van der Waals surface area contributed by atoms with Gasteiger partial charge in [0.25, 0.3) is 0 Å². The molecule has 0 saturated carbocycles. The second kappa shape index (κ2) is 5.96. The molecular weight excluding hydrogens is 343 g/mol. The van der Waals surface area contributed by atoms with E-state index in [-0.39, 0.29) is 0 Å². The van der Waals surface area contributed by atoms with Gasteiger partial charge in [-0.3, -0.25) is 3.97 Å². The van der Waals surface area contributed by atoms with Gasteiger partial charge in [0.1, 0.15) is 0 Å². The molecule has 0 aromatic carbocycles. The van der Waals surface area contributed by atoms with Crippen LogP contribution in [0.4, 0.5) is 0 Å². The SMILES string of the molecule is CC.Cc1cc2c(Cl)ccnc2n1SI. The molecule has 0 radical (unpaired) electrons. The molecule has 0 spiro atoms. The predicted molar refractivity (Wildman–Crippen MR) is 77.8 cm³/mol. The van der Waals surface area contributed by atoms with Crippen molar-refractivity contribution >= 4 is 53.0 Å². The van der Waals surface area contributed by atoms with Crippen molar-refractivity contribution in [3.8, 4) is 0 Å². The molecule has 0 aliphatic carbocycles. The molecule has 82 valence electrons. The van der Waals surface area contributed by atoms with E-state index in [2.05, 4.69) is 36.2 Å². The maximum absolute atomic E-state index is 6.03. The third-order valence-electron chi connectivity index (χ3n) is 1.85. The molecule has 0 aliphatic rings. The molecule has 0 unspecified atom stereocenters. The fourth-order valence-electron chi connectivity index (χ4n) is 1.26. The normalized spacial score (nSPS) is 9.93. The molecule has 0 aliphatic heterocycles. The van der Waals surface area contributed by atoms with Gasteiger partial charge in [0.15, 0.2) is 5.65 Å². The number of hydrogen-bond acceptors (Lipinski definition) is 2. The Balaban J connectivity index is 0.000000531. The van der Waals surface area contributed by atoms with Gasteiger partial charge >= 0.3 is 0 Å². The number of aromatic nitrogens is 2. The monoisotopic (exact) mass is 354 g/mol. The lowest BCUT2D eigenvalue weighted by molar-refractivity contribution is 1.18. The highest BCUT2D eigenvalue weighted by atomic mass is 127. The minimum atomic E-state index is 0.761. The van der Waals surface area contributed by atoms with Gasteiger partial charge in [-0.25, -0.2) is 4.98 Å². The van der Waals surface area contributed by atoms with Crippen LogP contribution in [0.1, 0.15) is 19.5 Å². The number of aryl methyl sites for hydroxylation is 1. The maximum atomic E-state index is 6.03. The summed E-state index contributed by atoms with van der Waals surface area (Å²) in [6.45, 7) is 6.05. The lowest BCUT2D eigenvalue weighted by atomic mass is 10.3. The number of pyridine rings is 1. The van der Waals surface area contributed by atoms with Gasteiger partial charge in [-0.05, 0) is 19.1 Å². The van der Waals surface area contributed by atoms with Crippen LogP contribution in [-0.4, -0.2) is 8.96 Å². The average molecular weight is 355 g/mol. The first-order valence-corrected chi connectivity index (χ1v) is 8.35. The lowest BCUT2D eigenvalue weighted by Crippen LogP contribution is -1.86. The Labute approximate surface area is 111 Å². The van der Waals surface area contributed by atoms with E-state index in [4.69, 9.17) is 11.6 Å². The van der Waals surface area contributed by atoms with Crippen LogP contribution in [-0.2, 0) is 0 Å². The minimum Gasteiger partial charge on any atom is -0.263 e. The van der Waals surface area contributed by atoms with Crippen molar-refractivity contribution in [3.63, 3.8) is 0 Å². The number of nitrogens with zero attached hydrogens (tertiary/aromatic N) is 2. The van der Waals surface area contributed by atoms with Crippen LogP contribution in [0.25, 0.3) is 11.0 Å². The zero-order chi connectivity index (χ0) is 11.4. The fraction of sp³-hybridized carbons (Fsp3) is 0.300. The summed E-state index contributed by atoms with van der Waals surface area (Å²) in [5.74, 6) is 0. The van der Waals surface area contributed by atoms with Gasteiger partial charge in [0.2, 0.25) is 0 Å². The third-order valence-corrected chi connectivity index (χ3v) is 3.96. The molecule has 0 fully saturated rings. The van der Waals surface area contributed by atoms with E-state index in [0.717, 1.165) is 21.7 Å². The van der Waals surface area contributed by atoms with E-state index in [0.29, 0.717) is 0 Å². The van der Waals surface area contributed by atoms with Crippen molar-refractivity contribution in [1.82, 2.24) is 8.96 Å². The lowest BCUT2D eigenvalue weighted by Gasteiger charge is -1.99.